The number of fused-ring (bicyclic) bond motifs is 5. The molecule has 4 saturated carbocycles. The van der Waals surface area contributed by atoms with Crippen molar-refractivity contribution in [3.63, 3.8) is 0 Å². The third-order valence-electron chi connectivity index (χ3n) is 10.5. The topological polar surface area (TPSA) is 74.6 Å². The Kier molecular flexibility index (Phi) is 5.41. The van der Waals surface area contributed by atoms with Crippen LogP contribution in [-0.4, -0.2) is 28.1 Å². The average molecular weight is 405 g/mol. The molecule has 0 aromatic rings. The number of carbonyl (C=O) groups excluding carboxylic acids is 1. The second-order valence-corrected chi connectivity index (χ2v) is 11.6. The summed E-state index contributed by atoms with van der Waals surface area (Å²) in [6.07, 6.45) is 8.07. The summed E-state index contributed by atoms with van der Waals surface area (Å²) in [6, 6.07) is 0. The highest BCUT2D eigenvalue weighted by molar-refractivity contribution is 5.85. The fourth-order valence-corrected chi connectivity index (χ4v) is 8.88. The van der Waals surface area contributed by atoms with Crippen LogP contribution in [0.2, 0.25) is 0 Å². The number of carbonyl (C=O) groups is 2. The number of hydrogen-bond donors (Lipinski definition) is 2. The molecule has 0 bridgehead atoms. The summed E-state index contributed by atoms with van der Waals surface area (Å²) in [4.78, 5) is 24.8. The molecule has 4 aliphatic carbocycles. The summed E-state index contributed by atoms with van der Waals surface area (Å²) in [7, 11) is 0. The molecule has 0 radical (unpaired) electrons. The number of ketones is 1. The molecule has 0 aromatic carbocycles. The van der Waals surface area contributed by atoms with Gasteiger partial charge in [0.05, 0.1) is 6.10 Å². The molecule has 4 rings (SSSR count). The molecular formula is C25H40O4. The van der Waals surface area contributed by atoms with Crippen LogP contribution >= 0.6 is 0 Å². The quantitative estimate of drug-likeness (QED) is 0.696. The smallest absolute Gasteiger partial charge is 0.303 e. The van der Waals surface area contributed by atoms with Crippen molar-refractivity contribution in [1.29, 1.82) is 0 Å². The van der Waals surface area contributed by atoms with Crippen molar-refractivity contribution in [3.05, 3.63) is 0 Å². The predicted octanol–water partition coefficient (Wildman–Crippen LogP) is 4.93. The second kappa shape index (κ2) is 7.35. The Morgan fingerprint density at radius 1 is 1.07 bits per heavy atom. The highest BCUT2D eigenvalue weighted by atomic mass is 16.4. The van der Waals surface area contributed by atoms with Crippen molar-refractivity contribution in [2.24, 2.45) is 52.3 Å². The third kappa shape index (κ3) is 3.20. The zero-order chi connectivity index (χ0) is 21.1. The summed E-state index contributed by atoms with van der Waals surface area (Å²) in [5.41, 5.74) is 0.359. The molecule has 29 heavy (non-hydrogen) atoms. The fourth-order valence-electron chi connectivity index (χ4n) is 8.88. The molecule has 0 aromatic heterocycles. The molecule has 4 nitrogen and oxygen atoms in total. The molecule has 4 aliphatic rings. The van der Waals surface area contributed by atoms with E-state index in [4.69, 9.17) is 5.11 Å². The van der Waals surface area contributed by atoms with E-state index < -0.39 is 5.97 Å². The molecule has 0 amide bonds. The van der Waals surface area contributed by atoms with Gasteiger partial charge in [0.25, 0.3) is 0 Å². The highest BCUT2D eigenvalue weighted by Crippen LogP contribution is 2.68. The molecule has 4 fully saturated rings. The highest BCUT2D eigenvalue weighted by Gasteiger charge is 2.64. The van der Waals surface area contributed by atoms with E-state index in [0.29, 0.717) is 35.4 Å². The Hall–Kier alpha value is -0.900. The van der Waals surface area contributed by atoms with E-state index in [1.165, 1.54) is 6.42 Å². The summed E-state index contributed by atoms with van der Waals surface area (Å²) < 4.78 is 0. The van der Waals surface area contributed by atoms with Gasteiger partial charge in [-0.25, -0.2) is 0 Å². The van der Waals surface area contributed by atoms with E-state index in [1.807, 2.05) is 0 Å². The van der Waals surface area contributed by atoms with Crippen molar-refractivity contribution >= 4 is 11.8 Å². The Morgan fingerprint density at radius 3 is 2.41 bits per heavy atom. The van der Waals surface area contributed by atoms with Crippen LogP contribution in [0.15, 0.2) is 0 Å². The van der Waals surface area contributed by atoms with Gasteiger partial charge in [0.1, 0.15) is 5.78 Å². The largest absolute Gasteiger partial charge is 0.481 e. The van der Waals surface area contributed by atoms with Gasteiger partial charge in [0.2, 0.25) is 0 Å². The molecule has 0 saturated heterocycles. The third-order valence-corrected chi connectivity index (χ3v) is 10.5. The van der Waals surface area contributed by atoms with Crippen LogP contribution < -0.4 is 0 Å². The van der Waals surface area contributed by atoms with Crippen LogP contribution in [0.1, 0.15) is 85.5 Å². The predicted molar refractivity (Wildman–Crippen MR) is 112 cm³/mol. The number of aliphatic hydroxyl groups excluding tert-OH is 1. The van der Waals surface area contributed by atoms with Crippen molar-refractivity contribution in [1.82, 2.24) is 0 Å². The van der Waals surface area contributed by atoms with Crippen molar-refractivity contribution < 1.29 is 19.8 Å². The number of aliphatic hydroxyl groups is 1. The summed E-state index contributed by atoms with van der Waals surface area (Å²) in [5, 5.41) is 19.4. The van der Waals surface area contributed by atoms with Gasteiger partial charge in [-0.05, 0) is 91.8 Å². The van der Waals surface area contributed by atoms with Gasteiger partial charge in [0.15, 0.2) is 0 Å². The van der Waals surface area contributed by atoms with Gasteiger partial charge < -0.3 is 10.2 Å². The Balaban J connectivity index is 1.60. The van der Waals surface area contributed by atoms with E-state index in [-0.39, 0.29) is 35.2 Å². The summed E-state index contributed by atoms with van der Waals surface area (Å²) >= 11 is 0. The maximum absolute atomic E-state index is 13.7. The number of carboxylic acid groups (broad SMARTS) is 1. The number of Topliss-reactive ketones (excluding diaryl/α,β-unsaturated/α-hetero) is 1. The first-order chi connectivity index (χ1) is 13.6. The number of hydrogen-bond acceptors (Lipinski definition) is 3. The van der Waals surface area contributed by atoms with Gasteiger partial charge in [-0.15, -0.1) is 0 Å². The molecule has 0 aliphatic heterocycles. The number of aliphatic carboxylic acids is 1. The van der Waals surface area contributed by atoms with E-state index in [0.717, 1.165) is 44.9 Å². The summed E-state index contributed by atoms with van der Waals surface area (Å²) in [5.74, 6) is 2.20. The maximum Gasteiger partial charge on any atom is 0.303 e. The lowest BCUT2D eigenvalue weighted by atomic mass is 9.42. The molecule has 0 heterocycles. The lowest BCUT2D eigenvalue weighted by molar-refractivity contribution is -0.171. The number of carboxylic acids is 1. The molecule has 4 heteroatoms. The molecular weight excluding hydrogens is 364 g/mol. The van der Waals surface area contributed by atoms with Crippen LogP contribution in [-0.2, 0) is 9.59 Å². The first-order valence-corrected chi connectivity index (χ1v) is 12.0. The zero-order valence-corrected chi connectivity index (χ0v) is 18.7. The standard InChI is InChI=1S/C25H40O4/c1-14(5-8-21(27)28)17-6-7-18-22-19(10-12-24(17,18)3)25(4)11-9-16(26)13-20(25)15(2)23(22)29/h14-20,22,26H,5-13H2,1-4H3,(H,27,28)/t14-,15-,16-,17?,18?,19?,20?,22?,24-,25-/m1/s1. The monoisotopic (exact) mass is 404 g/mol. The Labute approximate surface area is 175 Å². The van der Waals surface area contributed by atoms with Crippen LogP contribution in [0.5, 0.6) is 0 Å². The Bertz CT molecular complexity index is 674. The van der Waals surface area contributed by atoms with E-state index in [2.05, 4.69) is 27.7 Å². The minimum Gasteiger partial charge on any atom is -0.481 e. The zero-order valence-electron chi connectivity index (χ0n) is 18.7. The molecule has 164 valence electrons. The van der Waals surface area contributed by atoms with Crippen LogP contribution in [0, 0.1) is 52.3 Å². The molecule has 10 atom stereocenters. The first kappa shape index (κ1) is 21.3. The minimum absolute atomic E-state index is 0.0574. The fraction of sp³-hybridized carbons (Fsp3) is 0.920. The van der Waals surface area contributed by atoms with Crippen LogP contribution in [0.3, 0.4) is 0 Å². The van der Waals surface area contributed by atoms with E-state index in [9.17, 15) is 14.7 Å². The maximum atomic E-state index is 13.7. The van der Waals surface area contributed by atoms with Crippen molar-refractivity contribution in [2.45, 2.75) is 91.6 Å². The lowest BCUT2D eigenvalue weighted by Gasteiger charge is -2.62. The van der Waals surface area contributed by atoms with Gasteiger partial charge in [-0.2, -0.15) is 0 Å². The van der Waals surface area contributed by atoms with Gasteiger partial charge in [0, 0.05) is 18.3 Å². The minimum atomic E-state index is -0.699. The van der Waals surface area contributed by atoms with Crippen molar-refractivity contribution in [2.75, 3.05) is 0 Å². The SMILES string of the molecule is C[C@H](CCC(=O)O)C1CCC2C3C(=O)[C@H](C)C4C[C@H](O)CC[C@]4(C)C3CC[C@@]21C. The molecule has 2 N–H and O–H groups in total. The van der Waals surface area contributed by atoms with Crippen LogP contribution in [0.4, 0.5) is 0 Å². The first-order valence-electron chi connectivity index (χ1n) is 12.0. The lowest BCUT2D eigenvalue weighted by Crippen LogP contribution is -2.60. The van der Waals surface area contributed by atoms with Gasteiger partial charge in [-0.3, -0.25) is 9.59 Å². The van der Waals surface area contributed by atoms with Crippen LogP contribution in [0.25, 0.3) is 0 Å². The summed E-state index contributed by atoms with van der Waals surface area (Å²) in [6.45, 7) is 9.21. The van der Waals surface area contributed by atoms with E-state index >= 15 is 0 Å². The normalized spacial score (nSPS) is 50.4. The number of rotatable bonds is 4. The molecule has 5 unspecified atom stereocenters. The average Bonchev–Trinajstić information content (AvgIpc) is 3.02. The van der Waals surface area contributed by atoms with Gasteiger partial charge >= 0.3 is 5.97 Å². The van der Waals surface area contributed by atoms with E-state index in [1.54, 1.807) is 0 Å². The van der Waals surface area contributed by atoms with Gasteiger partial charge in [-0.1, -0.05) is 27.7 Å². The molecule has 0 spiro atoms. The second-order valence-electron chi connectivity index (χ2n) is 11.6. The Morgan fingerprint density at radius 2 is 1.72 bits per heavy atom. The van der Waals surface area contributed by atoms with Crippen molar-refractivity contribution in [3.8, 4) is 0 Å².